The minimum Gasteiger partial charge on any atom is -0.460 e. The molecular formula is C55H78N4O14. The molecule has 18 heteroatoms. The number of methoxy groups -OCH3 is 1. The fourth-order valence-corrected chi connectivity index (χ4v) is 9.08. The fraction of sp³-hybridized carbons (Fsp3) is 0.618. The van der Waals surface area contributed by atoms with E-state index in [2.05, 4.69) is 0 Å². The molecule has 0 aliphatic heterocycles. The Hall–Kier alpha value is -4.89. The van der Waals surface area contributed by atoms with E-state index in [1.165, 1.54) is 9.13 Å². The Kier molecular flexibility index (Phi) is 26.6. The summed E-state index contributed by atoms with van der Waals surface area (Å²) < 4.78 is 59.6. The zero-order valence-electron chi connectivity index (χ0n) is 42.9. The molecule has 2 saturated carbocycles. The summed E-state index contributed by atoms with van der Waals surface area (Å²) in [5.74, 6) is -0.525. The number of Topliss-reactive ketones (excluding diaryl/α,β-unsaturated/α-hetero) is 1. The van der Waals surface area contributed by atoms with E-state index in [-0.39, 0.29) is 73.1 Å². The van der Waals surface area contributed by atoms with Crippen LogP contribution in [0.1, 0.15) is 86.0 Å². The average molecular weight is 1020 g/mol. The second kappa shape index (κ2) is 33.8. The maximum atomic E-state index is 14.9. The lowest BCUT2D eigenvalue weighted by Crippen LogP contribution is -2.43. The fourth-order valence-electron chi connectivity index (χ4n) is 9.08. The Labute approximate surface area is 429 Å². The van der Waals surface area contributed by atoms with E-state index < -0.39 is 17.2 Å². The van der Waals surface area contributed by atoms with E-state index in [0.29, 0.717) is 117 Å². The summed E-state index contributed by atoms with van der Waals surface area (Å²) in [6.45, 7) is 7.62. The summed E-state index contributed by atoms with van der Waals surface area (Å²) in [5.41, 5.74) is 0.527. The molecule has 0 bridgehead atoms. The molecule has 2 aliphatic rings. The Balaban J connectivity index is 1.00. The topological polar surface area (TPSA) is 188 Å². The standard InChI is InChI=1S/C55H78N4O14/c1-64-22-23-65-24-25-66-26-27-67-28-29-68-30-31-69-32-33-70-34-35-71-36-37-72-38-39-73-54(62)48(40-44-14-6-2-7-15-44)51-56-52-50(57(51)43-49(60)47-20-12-5-13-21-47)53(61)59(42-46-18-10-4-11-19-46)55(63)58(52)41-45-16-8-3-9-17-45/h2,5-7,12-15,20-21,40,45-46H,3-4,8-11,16-19,22-39,41-43H2,1H3/b48-40+. The molecule has 2 aromatic heterocycles. The number of hydrogen-bond donors (Lipinski definition) is 0. The molecule has 2 aliphatic carbocycles. The van der Waals surface area contributed by atoms with E-state index in [1.54, 1.807) is 42.0 Å². The molecule has 0 atom stereocenters. The lowest BCUT2D eigenvalue weighted by Gasteiger charge is -2.25. The van der Waals surface area contributed by atoms with Crippen LogP contribution >= 0.6 is 0 Å². The van der Waals surface area contributed by atoms with Crippen molar-refractivity contribution in [3.05, 3.63) is 98.5 Å². The molecule has 4 aromatic rings. The Morgan fingerprint density at radius 1 is 0.534 bits per heavy atom. The van der Waals surface area contributed by atoms with Crippen LogP contribution in [0.4, 0.5) is 0 Å². The van der Waals surface area contributed by atoms with Crippen LogP contribution in [0.2, 0.25) is 0 Å². The van der Waals surface area contributed by atoms with Crippen molar-refractivity contribution in [2.24, 2.45) is 11.8 Å². The highest BCUT2D eigenvalue weighted by molar-refractivity contribution is 6.21. The summed E-state index contributed by atoms with van der Waals surface area (Å²) in [6, 6.07) is 18.1. The monoisotopic (exact) mass is 1020 g/mol. The lowest BCUT2D eigenvalue weighted by molar-refractivity contribution is -0.138. The predicted octanol–water partition coefficient (Wildman–Crippen LogP) is 6.27. The van der Waals surface area contributed by atoms with E-state index in [1.807, 2.05) is 36.4 Å². The highest BCUT2D eigenvalue weighted by atomic mass is 16.6. The first-order chi connectivity index (χ1) is 35.9. The van der Waals surface area contributed by atoms with E-state index in [9.17, 15) is 19.2 Å². The number of aromatic nitrogens is 4. The van der Waals surface area contributed by atoms with Crippen molar-refractivity contribution in [1.29, 1.82) is 0 Å². The number of carbonyl (C=O) groups excluding carboxylic acids is 2. The highest BCUT2D eigenvalue weighted by Gasteiger charge is 2.30. The van der Waals surface area contributed by atoms with Gasteiger partial charge in [0.25, 0.3) is 5.56 Å². The second-order valence-corrected chi connectivity index (χ2v) is 18.3. The minimum atomic E-state index is -0.718. The van der Waals surface area contributed by atoms with E-state index >= 15 is 0 Å². The average Bonchev–Trinajstić information content (AvgIpc) is 3.79. The first-order valence-electron chi connectivity index (χ1n) is 26.3. The minimum absolute atomic E-state index is 0.0380. The van der Waals surface area contributed by atoms with Crippen LogP contribution in [0.3, 0.4) is 0 Å². The van der Waals surface area contributed by atoms with Crippen LogP contribution in [0.5, 0.6) is 0 Å². The van der Waals surface area contributed by atoms with E-state index in [0.717, 1.165) is 64.2 Å². The van der Waals surface area contributed by atoms with Gasteiger partial charge in [-0.3, -0.25) is 18.7 Å². The quantitative estimate of drug-likeness (QED) is 0.0213. The maximum Gasteiger partial charge on any atom is 0.342 e. The number of carbonyl (C=O) groups is 2. The summed E-state index contributed by atoms with van der Waals surface area (Å²) in [7, 11) is 1.64. The van der Waals surface area contributed by atoms with Gasteiger partial charge in [-0.1, -0.05) is 99.2 Å². The molecule has 0 spiro atoms. The van der Waals surface area contributed by atoms with Gasteiger partial charge in [-0.25, -0.2) is 14.6 Å². The third-order valence-corrected chi connectivity index (χ3v) is 12.9. The van der Waals surface area contributed by atoms with Crippen LogP contribution in [0.15, 0.2) is 70.3 Å². The first kappa shape index (κ1) is 57.4. The van der Waals surface area contributed by atoms with Gasteiger partial charge in [0.1, 0.15) is 12.2 Å². The van der Waals surface area contributed by atoms with Gasteiger partial charge in [0.05, 0.1) is 119 Å². The van der Waals surface area contributed by atoms with Crippen molar-refractivity contribution in [2.75, 3.05) is 126 Å². The summed E-state index contributed by atoms with van der Waals surface area (Å²) >= 11 is 0. The normalized spacial score (nSPS) is 14.8. The van der Waals surface area contributed by atoms with Crippen LogP contribution in [0, 0.1) is 11.8 Å². The number of fused-ring (bicyclic) bond motifs is 1. The molecule has 73 heavy (non-hydrogen) atoms. The number of imidazole rings is 1. The van der Waals surface area contributed by atoms with Crippen molar-refractivity contribution in [1.82, 2.24) is 18.7 Å². The SMILES string of the molecule is COCCOCCOCCOCCOCCOCCOCCOCCOCCOC(=O)/C(=C/c1ccccc1)c1nc2c(c(=O)n(CC3CCCCC3)c(=O)n2CC2CCCCC2)n1CC(=O)c1ccccc1. The van der Waals surface area contributed by atoms with Gasteiger partial charge < -0.3 is 51.9 Å². The molecule has 6 rings (SSSR count). The summed E-state index contributed by atoms with van der Waals surface area (Å²) in [5, 5.41) is 0. The maximum absolute atomic E-state index is 14.9. The number of nitrogens with zero attached hydrogens (tertiary/aromatic N) is 4. The zero-order valence-corrected chi connectivity index (χ0v) is 42.9. The third kappa shape index (κ3) is 19.7. The largest absolute Gasteiger partial charge is 0.460 e. The molecule has 2 fully saturated rings. The molecular weight excluding hydrogens is 941 g/mol. The summed E-state index contributed by atoms with van der Waals surface area (Å²) in [4.78, 5) is 63.0. The number of hydrogen-bond acceptors (Lipinski definition) is 15. The van der Waals surface area contributed by atoms with Gasteiger partial charge in [0, 0.05) is 25.8 Å². The number of ether oxygens (including phenoxy) is 10. The molecule has 2 aromatic carbocycles. The number of ketones is 1. The van der Waals surface area contributed by atoms with Crippen LogP contribution in [-0.2, 0) is 71.8 Å². The van der Waals surface area contributed by atoms with Crippen LogP contribution in [0.25, 0.3) is 22.8 Å². The molecule has 402 valence electrons. The zero-order chi connectivity index (χ0) is 51.1. The molecule has 2 heterocycles. The molecule has 0 radical (unpaired) electrons. The number of benzene rings is 2. The molecule has 18 nitrogen and oxygen atoms in total. The van der Waals surface area contributed by atoms with Gasteiger partial charge in [0.15, 0.2) is 22.8 Å². The molecule has 0 N–H and O–H groups in total. The van der Waals surface area contributed by atoms with Crippen molar-refractivity contribution in [3.8, 4) is 0 Å². The van der Waals surface area contributed by atoms with Crippen LogP contribution in [-0.4, -0.2) is 156 Å². The van der Waals surface area contributed by atoms with Gasteiger partial charge >= 0.3 is 11.7 Å². The number of rotatable bonds is 37. The molecule has 0 amide bonds. The van der Waals surface area contributed by atoms with Gasteiger partial charge in [0.2, 0.25) is 0 Å². The van der Waals surface area contributed by atoms with Crippen molar-refractivity contribution < 1.29 is 57.0 Å². The first-order valence-corrected chi connectivity index (χ1v) is 26.3. The number of esters is 1. The molecule has 0 saturated heterocycles. The lowest BCUT2D eigenvalue weighted by atomic mass is 9.89. The molecule has 0 unspecified atom stereocenters. The smallest absolute Gasteiger partial charge is 0.342 e. The van der Waals surface area contributed by atoms with Crippen molar-refractivity contribution >= 4 is 34.6 Å². The second-order valence-electron chi connectivity index (χ2n) is 18.3. The Bertz CT molecular complexity index is 2340. The third-order valence-electron chi connectivity index (χ3n) is 12.9. The van der Waals surface area contributed by atoms with Crippen molar-refractivity contribution in [3.63, 3.8) is 0 Å². The Morgan fingerprint density at radius 3 is 1.42 bits per heavy atom. The van der Waals surface area contributed by atoms with Gasteiger partial charge in [-0.15, -0.1) is 0 Å². The Morgan fingerprint density at radius 2 is 0.959 bits per heavy atom. The van der Waals surface area contributed by atoms with E-state index in [4.69, 9.17) is 52.4 Å². The van der Waals surface area contributed by atoms with Crippen LogP contribution < -0.4 is 11.2 Å². The van der Waals surface area contributed by atoms with Gasteiger partial charge in [-0.05, 0) is 49.2 Å². The predicted molar refractivity (Wildman–Crippen MR) is 276 cm³/mol. The van der Waals surface area contributed by atoms with Crippen molar-refractivity contribution in [2.45, 2.75) is 83.8 Å². The highest BCUT2D eigenvalue weighted by Crippen LogP contribution is 2.29. The van der Waals surface area contributed by atoms with Gasteiger partial charge in [-0.2, -0.15) is 0 Å². The summed E-state index contributed by atoms with van der Waals surface area (Å²) in [6.07, 6.45) is 12.0.